The Morgan fingerprint density at radius 2 is 2.05 bits per heavy atom. The summed E-state index contributed by atoms with van der Waals surface area (Å²) >= 11 is 0. The van der Waals surface area contributed by atoms with Gasteiger partial charge in [-0.25, -0.2) is 4.79 Å². The van der Waals surface area contributed by atoms with Crippen LogP contribution in [0.2, 0.25) is 0 Å². The molecule has 2 N–H and O–H groups in total. The maximum absolute atomic E-state index is 11.8. The lowest BCUT2D eigenvalue weighted by atomic mass is 10.0. The summed E-state index contributed by atoms with van der Waals surface area (Å²) in [7, 11) is 0. The van der Waals surface area contributed by atoms with Gasteiger partial charge in [0.25, 0.3) is 0 Å². The molecule has 0 saturated heterocycles. The third-order valence-electron chi connectivity index (χ3n) is 2.76. The Hall–Kier alpha value is -2.04. The van der Waals surface area contributed by atoms with E-state index in [2.05, 4.69) is 10.6 Å². The van der Waals surface area contributed by atoms with Crippen molar-refractivity contribution >= 4 is 17.7 Å². The normalized spacial score (nSPS) is 17.6. The molecule has 0 aliphatic carbocycles. The fraction of sp³-hybridized carbons (Fsp3) is 0.429. The summed E-state index contributed by atoms with van der Waals surface area (Å²) in [6, 6.07) is 7.47. The van der Waals surface area contributed by atoms with Crippen LogP contribution in [0.4, 0.5) is 10.5 Å². The molecule has 0 saturated carbocycles. The standard InChI is InChI=1S/C14H18N2O3/c1-14(2,3)19-13(18)15-8-10-9-6-4-5-7-11(9)16-12(10)17/h4-7,10H,8H2,1-3H3,(H,15,18)(H,16,17)/t10-/m0/s1. The highest BCUT2D eigenvalue weighted by Gasteiger charge is 2.30. The van der Waals surface area contributed by atoms with E-state index in [-0.39, 0.29) is 18.4 Å². The summed E-state index contributed by atoms with van der Waals surface area (Å²) < 4.78 is 5.14. The lowest BCUT2D eigenvalue weighted by Crippen LogP contribution is -2.36. The third-order valence-corrected chi connectivity index (χ3v) is 2.76. The van der Waals surface area contributed by atoms with Gasteiger partial charge in [-0.15, -0.1) is 0 Å². The van der Waals surface area contributed by atoms with Gasteiger partial charge in [0.1, 0.15) is 5.60 Å². The number of alkyl carbamates (subject to hydrolysis) is 1. The summed E-state index contributed by atoms with van der Waals surface area (Å²) in [6.07, 6.45) is -0.510. The lowest BCUT2D eigenvalue weighted by molar-refractivity contribution is -0.116. The van der Waals surface area contributed by atoms with Crippen LogP contribution in [0.3, 0.4) is 0 Å². The number of carbonyl (C=O) groups excluding carboxylic acids is 2. The molecule has 0 fully saturated rings. The van der Waals surface area contributed by atoms with E-state index in [1.807, 2.05) is 24.3 Å². The van der Waals surface area contributed by atoms with Crippen LogP contribution in [0.1, 0.15) is 32.3 Å². The minimum atomic E-state index is -0.542. The second kappa shape index (κ2) is 4.91. The average molecular weight is 262 g/mol. The van der Waals surface area contributed by atoms with Gasteiger partial charge in [-0.2, -0.15) is 0 Å². The van der Waals surface area contributed by atoms with E-state index in [4.69, 9.17) is 4.74 Å². The number of benzene rings is 1. The Balaban J connectivity index is 1.97. The number of hydrogen-bond donors (Lipinski definition) is 2. The van der Waals surface area contributed by atoms with Crippen molar-refractivity contribution in [2.45, 2.75) is 32.3 Å². The van der Waals surface area contributed by atoms with Crippen LogP contribution in [0.5, 0.6) is 0 Å². The number of para-hydroxylation sites is 1. The average Bonchev–Trinajstić information content (AvgIpc) is 2.60. The molecule has 1 aliphatic rings. The Morgan fingerprint density at radius 3 is 2.74 bits per heavy atom. The molecule has 1 aliphatic heterocycles. The SMILES string of the molecule is CC(C)(C)OC(=O)NC[C@@H]1C(=O)Nc2ccccc21. The van der Waals surface area contributed by atoms with E-state index in [1.165, 1.54) is 0 Å². The number of anilines is 1. The molecule has 1 aromatic carbocycles. The van der Waals surface area contributed by atoms with E-state index >= 15 is 0 Å². The van der Waals surface area contributed by atoms with Crippen molar-refractivity contribution in [2.24, 2.45) is 0 Å². The van der Waals surface area contributed by atoms with Crippen LogP contribution in [0.15, 0.2) is 24.3 Å². The maximum atomic E-state index is 11.8. The molecule has 0 radical (unpaired) electrons. The lowest BCUT2D eigenvalue weighted by Gasteiger charge is -2.20. The molecule has 102 valence electrons. The second-order valence-corrected chi connectivity index (χ2v) is 5.51. The molecular formula is C14H18N2O3. The fourth-order valence-corrected chi connectivity index (χ4v) is 1.98. The van der Waals surface area contributed by atoms with Crippen LogP contribution in [0.25, 0.3) is 0 Å². The van der Waals surface area contributed by atoms with E-state index in [0.29, 0.717) is 0 Å². The summed E-state index contributed by atoms with van der Waals surface area (Å²) in [5.74, 6) is -0.457. The molecule has 1 aromatic rings. The summed E-state index contributed by atoms with van der Waals surface area (Å²) in [5, 5.41) is 5.42. The first-order valence-corrected chi connectivity index (χ1v) is 6.23. The van der Waals surface area contributed by atoms with E-state index in [1.54, 1.807) is 20.8 Å². The van der Waals surface area contributed by atoms with Gasteiger partial charge < -0.3 is 15.4 Å². The molecule has 5 nitrogen and oxygen atoms in total. The van der Waals surface area contributed by atoms with Crippen molar-refractivity contribution in [3.63, 3.8) is 0 Å². The molecule has 0 unspecified atom stereocenters. The molecule has 1 heterocycles. The molecule has 0 aromatic heterocycles. The number of ether oxygens (including phenoxy) is 1. The minimum Gasteiger partial charge on any atom is -0.444 e. The number of rotatable bonds is 2. The van der Waals surface area contributed by atoms with Gasteiger partial charge in [-0.1, -0.05) is 18.2 Å². The van der Waals surface area contributed by atoms with Gasteiger partial charge in [-0.05, 0) is 32.4 Å². The second-order valence-electron chi connectivity index (χ2n) is 5.51. The third kappa shape index (κ3) is 3.24. The predicted octanol–water partition coefficient (Wildman–Crippen LogP) is 2.25. The van der Waals surface area contributed by atoms with Crippen molar-refractivity contribution in [3.8, 4) is 0 Å². The van der Waals surface area contributed by atoms with E-state index < -0.39 is 11.7 Å². The molecule has 0 bridgehead atoms. The largest absolute Gasteiger partial charge is 0.444 e. The van der Waals surface area contributed by atoms with Gasteiger partial charge in [-0.3, -0.25) is 4.79 Å². The van der Waals surface area contributed by atoms with Crippen LogP contribution in [-0.4, -0.2) is 24.1 Å². The number of amides is 2. The minimum absolute atomic E-state index is 0.0998. The van der Waals surface area contributed by atoms with E-state index in [0.717, 1.165) is 11.3 Å². The zero-order chi connectivity index (χ0) is 14.0. The number of carbonyl (C=O) groups is 2. The van der Waals surface area contributed by atoms with Crippen LogP contribution >= 0.6 is 0 Å². The number of nitrogens with one attached hydrogen (secondary N) is 2. The topological polar surface area (TPSA) is 67.4 Å². The molecule has 0 spiro atoms. The summed E-state index contributed by atoms with van der Waals surface area (Å²) in [4.78, 5) is 23.4. The molecule has 1 atom stereocenters. The quantitative estimate of drug-likeness (QED) is 0.859. The Kier molecular flexibility index (Phi) is 3.46. The highest BCUT2D eigenvalue weighted by molar-refractivity contribution is 6.03. The smallest absolute Gasteiger partial charge is 0.407 e. The Labute approximate surface area is 112 Å². The predicted molar refractivity (Wildman–Crippen MR) is 72.0 cm³/mol. The molecular weight excluding hydrogens is 244 g/mol. The van der Waals surface area contributed by atoms with Crippen LogP contribution < -0.4 is 10.6 Å². The monoisotopic (exact) mass is 262 g/mol. The van der Waals surface area contributed by atoms with Crippen molar-refractivity contribution in [1.29, 1.82) is 0 Å². The van der Waals surface area contributed by atoms with Crippen LogP contribution in [-0.2, 0) is 9.53 Å². The first-order chi connectivity index (χ1) is 8.87. The fourth-order valence-electron chi connectivity index (χ4n) is 1.98. The molecule has 2 amide bonds. The highest BCUT2D eigenvalue weighted by atomic mass is 16.6. The Bertz CT molecular complexity index is 506. The summed E-state index contributed by atoms with van der Waals surface area (Å²) in [6.45, 7) is 5.62. The molecule has 2 rings (SSSR count). The van der Waals surface area contributed by atoms with Gasteiger partial charge >= 0.3 is 6.09 Å². The first kappa shape index (κ1) is 13.4. The van der Waals surface area contributed by atoms with Gasteiger partial charge in [0.15, 0.2) is 0 Å². The van der Waals surface area contributed by atoms with Crippen LogP contribution in [0, 0.1) is 0 Å². The van der Waals surface area contributed by atoms with Gasteiger partial charge in [0, 0.05) is 12.2 Å². The summed E-state index contributed by atoms with van der Waals surface area (Å²) in [5.41, 5.74) is 1.17. The zero-order valence-corrected chi connectivity index (χ0v) is 11.3. The molecule has 5 heteroatoms. The number of hydrogen-bond acceptors (Lipinski definition) is 3. The van der Waals surface area contributed by atoms with Crippen molar-refractivity contribution in [2.75, 3.05) is 11.9 Å². The Morgan fingerprint density at radius 1 is 1.37 bits per heavy atom. The maximum Gasteiger partial charge on any atom is 0.407 e. The van der Waals surface area contributed by atoms with E-state index in [9.17, 15) is 9.59 Å². The zero-order valence-electron chi connectivity index (χ0n) is 11.3. The number of fused-ring (bicyclic) bond motifs is 1. The van der Waals surface area contributed by atoms with Crippen molar-refractivity contribution < 1.29 is 14.3 Å². The highest BCUT2D eigenvalue weighted by Crippen LogP contribution is 2.31. The van der Waals surface area contributed by atoms with Crippen molar-refractivity contribution in [1.82, 2.24) is 5.32 Å². The van der Waals surface area contributed by atoms with Gasteiger partial charge in [0.05, 0.1) is 5.92 Å². The first-order valence-electron chi connectivity index (χ1n) is 6.23. The van der Waals surface area contributed by atoms with Gasteiger partial charge in [0.2, 0.25) is 5.91 Å². The van der Waals surface area contributed by atoms with Crippen molar-refractivity contribution in [3.05, 3.63) is 29.8 Å². The molecule has 19 heavy (non-hydrogen) atoms.